The van der Waals surface area contributed by atoms with Gasteiger partial charge in [-0.15, -0.1) is 0 Å². The molecule has 31 heavy (non-hydrogen) atoms. The van der Waals surface area contributed by atoms with Crippen molar-refractivity contribution in [2.45, 2.75) is 45.2 Å². The molecule has 6 N–H and O–H groups in total. The zero-order valence-corrected chi connectivity index (χ0v) is 17.9. The summed E-state index contributed by atoms with van der Waals surface area (Å²) >= 11 is 0. The Labute approximate surface area is 182 Å². The minimum Gasteiger partial charge on any atom is -0.508 e. The van der Waals surface area contributed by atoms with Crippen molar-refractivity contribution in [1.82, 2.24) is 15.3 Å². The minimum atomic E-state index is -0.678. The Morgan fingerprint density at radius 3 is 2.68 bits per heavy atom. The summed E-state index contributed by atoms with van der Waals surface area (Å²) < 4.78 is 0. The molecule has 0 radical (unpaired) electrons. The average molecular weight is 420 g/mol. The van der Waals surface area contributed by atoms with Crippen LogP contribution < -0.4 is 16.4 Å². The number of imidazole rings is 1. The lowest BCUT2D eigenvalue weighted by atomic mass is 9.95. The van der Waals surface area contributed by atoms with E-state index in [1.807, 2.05) is 32.0 Å². The SMILES string of the molecule is Cc1cc(O)cc(C)c1CC(N)C(=O)NC1CCNc2[nH]c(Cc3ccccc3)nc21. The van der Waals surface area contributed by atoms with Crippen molar-refractivity contribution in [1.29, 1.82) is 0 Å². The molecule has 0 spiro atoms. The highest BCUT2D eigenvalue weighted by Gasteiger charge is 2.28. The second kappa shape index (κ2) is 8.81. The molecule has 3 aromatic rings. The van der Waals surface area contributed by atoms with Gasteiger partial charge in [0, 0.05) is 13.0 Å². The Morgan fingerprint density at radius 1 is 1.26 bits per heavy atom. The van der Waals surface area contributed by atoms with Crippen LogP contribution in [-0.2, 0) is 17.6 Å². The fourth-order valence-corrected chi connectivity index (χ4v) is 4.20. The molecule has 2 atom stereocenters. The van der Waals surface area contributed by atoms with E-state index in [-0.39, 0.29) is 17.7 Å². The van der Waals surface area contributed by atoms with E-state index in [9.17, 15) is 9.90 Å². The molecule has 0 saturated heterocycles. The number of aryl methyl sites for hydroxylation is 2. The van der Waals surface area contributed by atoms with Crippen LogP contribution in [0.2, 0.25) is 0 Å². The maximum absolute atomic E-state index is 12.9. The monoisotopic (exact) mass is 419 g/mol. The summed E-state index contributed by atoms with van der Waals surface area (Å²) in [6.07, 6.45) is 1.87. The number of nitrogens with one attached hydrogen (secondary N) is 3. The molecular formula is C24H29N5O2. The van der Waals surface area contributed by atoms with Gasteiger partial charge in [-0.2, -0.15) is 0 Å². The molecule has 2 heterocycles. The summed E-state index contributed by atoms with van der Waals surface area (Å²) in [6.45, 7) is 4.59. The first kappa shape index (κ1) is 20.9. The highest BCUT2D eigenvalue weighted by Crippen LogP contribution is 2.28. The molecule has 2 unspecified atom stereocenters. The molecule has 7 nitrogen and oxygen atoms in total. The number of aromatic amines is 1. The maximum Gasteiger partial charge on any atom is 0.237 e. The van der Waals surface area contributed by atoms with Crippen molar-refractivity contribution in [2.75, 3.05) is 11.9 Å². The lowest BCUT2D eigenvalue weighted by molar-refractivity contribution is -0.123. The lowest BCUT2D eigenvalue weighted by Gasteiger charge is -2.25. The van der Waals surface area contributed by atoms with E-state index in [4.69, 9.17) is 10.7 Å². The number of nitrogens with two attached hydrogens (primary N) is 1. The number of aromatic nitrogens is 2. The van der Waals surface area contributed by atoms with Gasteiger partial charge in [0.1, 0.15) is 23.1 Å². The molecule has 1 aromatic heterocycles. The second-order valence-electron chi connectivity index (χ2n) is 8.25. The van der Waals surface area contributed by atoms with Crippen molar-refractivity contribution >= 4 is 11.7 Å². The Bertz CT molecular complexity index is 1050. The van der Waals surface area contributed by atoms with E-state index in [1.54, 1.807) is 12.1 Å². The van der Waals surface area contributed by atoms with Crippen LogP contribution in [0, 0.1) is 13.8 Å². The molecule has 1 amide bonds. The smallest absolute Gasteiger partial charge is 0.237 e. The Morgan fingerprint density at radius 2 is 1.97 bits per heavy atom. The first-order valence-electron chi connectivity index (χ1n) is 10.6. The molecule has 0 bridgehead atoms. The van der Waals surface area contributed by atoms with Gasteiger partial charge in [0.25, 0.3) is 0 Å². The Kier molecular flexibility index (Phi) is 5.95. The molecular weight excluding hydrogens is 390 g/mol. The van der Waals surface area contributed by atoms with Gasteiger partial charge in [-0.1, -0.05) is 30.3 Å². The third-order valence-electron chi connectivity index (χ3n) is 5.82. The van der Waals surface area contributed by atoms with E-state index >= 15 is 0 Å². The number of rotatable bonds is 6. The van der Waals surface area contributed by atoms with Crippen molar-refractivity contribution < 1.29 is 9.90 Å². The summed E-state index contributed by atoms with van der Waals surface area (Å²) in [5.41, 5.74) is 11.1. The number of hydrogen-bond donors (Lipinski definition) is 5. The standard InChI is InChI=1S/C24H29N5O2/c1-14-10-17(30)11-15(2)18(14)13-19(25)24(31)27-20-8-9-26-23-22(20)28-21(29-23)12-16-6-4-3-5-7-16/h3-7,10-11,19-20,26,30H,8-9,12-13,25H2,1-2H3,(H,27,31)(H,28,29). The lowest BCUT2D eigenvalue weighted by Crippen LogP contribution is -2.44. The fourth-order valence-electron chi connectivity index (χ4n) is 4.20. The minimum absolute atomic E-state index is 0.183. The summed E-state index contributed by atoms with van der Waals surface area (Å²) in [4.78, 5) is 21.0. The zero-order chi connectivity index (χ0) is 22.0. The number of phenols is 1. The van der Waals surface area contributed by atoms with Crippen LogP contribution in [0.3, 0.4) is 0 Å². The van der Waals surface area contributed by atoms with Crippen molar-refractivity contribution in [3.05, 3.63) is 76.2 Å². The predicted molar refractivity (Wildman–Crippen MR) is 121 cm³/mol. The van der Waals surface area contributed by atoms with E-state index in [1.165, 1.54) is 5.56 Å². The van der Waals surface area contributed by atoms with Gasteiger partial charge in [0.15, 0.2) is 0 Å². The van der Waals surface area contributed by atoms with Crippen LogP contribution in [0.1, 0.15) is 46.2 Å². The van der Waals surface area contributed by atoms with Crippen LogP contribution >= 0.6 is 0 Å². The molecule has 0 saturated carbocycles. The van der Waals surface area contributed by atoms with E-state index < -0.39 is 6.04 Å². The van der Waals surface area contributed by atoms with Gasteiger partial charge in [0.2, 0.25) is 5.91 Å². The second-order valence-corrected chi connectivity index (χ2v) is 8.25. The maximum atomic E-state index is 12.9. The first-order valence-corrected chi connectivity index (χ1v) is 10.6. The van der Waals surface area contributed by atoms with Crippen molar-refractivity contribution in [3.63, 3.8) is 0 Å². The molecule has 1 aliphatic rings. The predicted octanol–water partition coefficient (Wildman–Crippen LogP) is 2.87. The molecule has 0 aliphatic carbocycles. The number of carbonyl (C=O) groups excluding carboxylic acids is 1. The zero-order valence-electron chi connectivity index (χ0n) is 17.9. The number of aromatic hydroxyl groups is 1. The van der Waals surface area contributed by atoms with Gasteiger partial charge in [-0.05, 0) is 61.1 Å². The van der Waals surface area contributed by atoms with Crippen LogP contribution in [0.4, 0.5) is 5.82 Å². The highest BCUT2D eigenvalue weighted by molar-refractivity contribution is 5.82. The number of amides is 1. The van der Waals surface area contributed by atoms with E-state index in [0.717, 1.165) is 47.0 Å². The Hall–Kier alpha value is -3.32. The quantitative estimate of drug-likeness (QED) is 0.421. The Balaban J connectivity index is 1.45. The largest absolute Gasteiger partial charge is 0.508 e. The molecule has 1 aliphatic heterocycles. The molecule has 7 heteroatoms. The normalized spacial score (nSPS) is 16.3. The summed E-state index contributed by atoms with van der Waals surface area (Å²) in [6, 6.07) is 12.7. The van der Waals surface area contributed by atoms with Crippen LogP contribution in [0.5, 0.6) is 5.75 Å². The highest BCUT2D eigenvalue weighted by atomic mass is 16.3. The summed E-state index contributed by atoms with van der Waals surface area (Å²) in [5, 5.41) is 16.2. The van der Waals surface area contributed by atoms with E-state index in [2.05, 4.69) is 27.8 Å². The van der Waals surface area contributed by atoms with Crippen LogP contribution in [0.15, 0.2) is 42.5 Å². The number of fused-ring (bicyclic) bond motifs is 1. The molecule has 4 rings (SSSR count). The fraction of sp³-hybridized carbons (Fsp3) is 0.333. The van der Waals surface area contributed by atoms with E-state index in [0.29, 0.717) is 12.8 Å². The summed E-state index contributed by atoms with van der Waals surface area (Å²) in [7, 11) is 0. The summed E-state index contributed by atoms with van der Waals surface area (Å²) in [5.74, 6) is 1.76. The first-order chi connectivity index (χ1) is 14.9. The molecule has 0 fully saturated rings. The number of nitrogens with zero attached hydrogens (tertiary/aromatic N) is 1. The molecule has 162 valence electrons. The molecule has 2 aromatic carbocycles. The van der Waals surface area contributed by atoms with Gasteiger partial charge >= 0.3 is 0 Å². The number of phenolic OH excluding ortho intramolecular Hbond substituents is 1. The number of hydrogen-bond acceptors (Lipinski definition) is 5. The van der Waals surface area contributed by atoms with Crippen molar-refractivity contribution in [3.8, 4) is 5.75 Å². The van der Waals surface area contributed by atoms with Gasteiger partial charge < -0.3 is 26.5 Å². The van der Waals surface area contributed by atoms with Gasteiger partial charge in [-0.3, -0.25) is 4.79 Å². The van der Waals surface area contributed by atoms with Crippen LogP contribution in [0.25, 0.3) is 0 Å². The number of anilines is 1. The third kappa shape index (κ3) is 4.72. The third-order valence-corrected chi connectivity index (χ3v) is 5.82. The average Bonchev–Trinajstić information content (AvgIpc) is 3.14. The van der Waals surface area contributed by atoms with Gasteiger partial charge in [0.05, 0.1) is 12.1 Å². The van der Waals surface area contributed by atoms with Crippen molar-refractivity contribution in [2.24, 2.45) is 5.73 Å². The van der Waals surface area contributed by atoms with Gasteiger partial charge in [-0.25, -0.2) is 4.98 Å². The van der Waals surface area contributed by atoms with Crippen LogP contribution in [-0.4, -0.2) is 33.6 Å². The number of benzene rings is 2. The number of H-pyrrole nitrogens is 1. The number of carbonyl (C=O) groups is 1. The topological polar surface area (TPSA) is 116 Å².